The van der Waals surface area contributed by atoms with E-state index in [1.54, 1.807) is 0 Å². The molecule has 7 nitrogen and oxygen atoms in total. The molecule has 2 atom stereocenters. The maximum absolute atomic E-state index is 13.2. The molecule has 1 aromatic rings. The number of anilines is 1. The van der Waals surface area contributed by atoms with Crippen LogP contribution in [-0.4, -0.2) is 65.7 Å². The van der Waals surface area contributed by atoms with Crippen molar-refractivity contribution in [3.8, 4) is 0 Å². The zero-order valence-electron chi connectivity index (χ0n) is 18.8. The topological polar surface area (TPSA) is 69.6 Å². The van der Waals surface area contributed by atoms with Crippen molar-refractivity contribution in [1.82, 2.24) is 19.7 Å². The van der Waals surface area contributed by atoms with Crippen molar-refractivity contribution in [1.29, 1.82) is 0 Å². The Hall–Kier alpha value is -1.86. The lowest BCUT2D eigenvalue weighted by Crippen LogP contribution is -2.53. The number of carbonyl (C=O) groups excluding carboxylic acids is 1. The highest BCUT2D eigenvalue weighted by Gasteiger charge is 2.37. The van der Waals surface area contributed by atoms with Gasteiger partial charge in [0.25, 0.3) is 5.56 Å². The number of pyridine rings is 1. The van der Waals surface area contributed by atoms with Crippen LogP contribution in [0.25, 0.3) is 0 Å². The number of hydrogen-bond acceptors (Lipinski definition) is 4. The standard InChI is InChI=1S/C24H37N5O2/c1-27-11-9-20(10-12-27)28-14-17-13-18(16-28)22-8-7-21(23(30)29(22)15-17)26-24(31)25-19-5-3-2-4-6-19/h7-8,17-20H,2-6,9-16H2,1H3,(H2,25,26,31)/t17-,18+/m0/s1. The minimum absolute atomic E-state index is 0.0428. The van der Waals surface area contributed by atoms with Crippen LogP contribution >= 0.6 is 0 Å². The smallest absolute Gasteiger partial charge is 0.319 e. The molecule has 170 valence electrons. The van der Waals surface area contributed by atoms with Crippen molar-refractivity contribution in [2.45, 2.75) is 75.9 Å². The Kier molecular flexibility index (Phi) is 6.06. The van der Waals surface area contributed by atoms with E-state index in [0.717, 1.165) is 38.2 Å². The number of nitrogens with zero attached hydrogens (tertiary/aromatic N) is 3. The van der Waals surface area contributed by atoms with Crippen molar-refractivity contribution >= 4 is 11.7 Å². The summed E-state index contributed by atoms with van der Waals surface area (Å²) in [5, 5.41) is 5.89. The first-order valence-corrected chi connectivity index (χ1v) is 12.3. The predicted octanol–water partition coefficient (Wildman–Crippen LogP) is 2.82. The summed E-state index contributed by atoms with van der Waals surface area (Å²) in [7, 11) is 2.21. The predicted molar refractivity (Wildman–Crippen MR) is 123 cm³/mol. The van der Waals surface area contributed by atoms with Gasteiger partial charge in [0, 0.05) is 43.3 Å². The summed E-state index contributed by atoms with van der Waals surface area (Å²) in [5.41, 5.74) is 1.51. The molecule has 4 aliphatic rings. The molecule has 3 aliphatic heterocycles. The minimum atomic E-state index is -0.242. The van der Waals surface area contributed by atoms with Crippen LogP contribution in [0.5, 0.6) is 0 Å². The number of rotatable bonds is 3. The van der Waals surface area contributed by atoms with Crippen LogP contribution < -0.4 is 16.2 Å². The zero-order chi connectivity index (χ0) is 21.4. The maximum Gasteiger partial charge on any atom is 0.319 e. The summed E-state index contributed by atoms with van der Waals surface area (Å²) < 4.78 is 1.95. The van der Waals surface area contributed by atoms with E-state index in [0.29, 0.717) is 23.6 Å². The first kappa shape index (κ1) is 21.0. The number of hydrogen-bond donors (Lipinski definition) is 2. The molecule has 0 unspecified atom stereocenters. The van der Waals surface area contributed by atoms with Gasteiger partial charge in [0.15, 0.2) is 0 Å². The number of fused-ring (bicyclic) bond motifs is 4. The normalized spacial score (nSPS) is 28.2. The Balaban J connectivity index is 1.27. The van der Waals surface area contributed by atoms with Crippen LogP contribution in [-0.2, 0) is 6.54 Å². The second kappa shape index (κ2) is 8.94. The van der Waals surface area contributed by atoms with E-state index in [1.807, 2.05) is 10.6 Å². The van der Waals surface area contributed by atoms with Gasteiger partial charge >= 0.3 is 6.03 Å². The van der Waals surface area contributed by atoms with E-state index in [9.17, 15) is 9.59 Å². The Morgan fingerprint density at radius 3 is 2.55 bits per heavy atom. The number of likely N-dealkylation sites (tertiary alicyclic amines) is 2. The Morgan fingerprint density at radius 2 is 1.77 bits per heavy atom. The second-order valence-corrected chi connectivity index (χ2v) is 10.3. The summed E-state index contributed by atoms with van der Waals surface area (Å²) in [5.74, 6) is 0.944. The Morgan fingerprint density at radius 1 is 1.00 bits per heavy atom. The summed E-state index contributed by atoms with van der Waals surface area (Å²) in [6.07, 6.45) is 9.35. The maximum atomic E-state index is 13.2. The van der Waals surface area contributed by atoms with E-state index in [4.69, 9.17) is 0 Å². The van der Waals surface area contributed by atoms with Gasteiger partial charge in [-0.15, -0.1) is 0 Å². The molecule has 0 spiro atoms. The van der Waals surface area contributed by atoms with Crippen LogP contribution in [0.1, 0.15) is 63.0 Å². The zero-order valence-corrected chi connectivity index (χ0v) is 18.8. The molecule has 0 aromatic carbocycles. The number of nitrogens with one attached hydrogen (secondary N) is 2. The van der Waals surface area contributed by atoms with Gasteiger partial charge in [0.05, 0.1) is 0 Å². The van der Waals surface area contributed by atoms with Crippen LogP contribution in [0.15, 0.2) is 16.9 Å². The van der Waals surface area contributed by atoms with E-state index in [-0.39, 0.29) is 17.6 Å². The van der Waals surface area contributed by atoms with Crippen LogP contribution in [0.4, 0.5) is 10.5 Å². The molecule has 2 bridgehead atoms. The fourth-order valence-electron chi connectivity index (χ4n) is 6.33. The number of carbonyl (C=O) groups is 1. The average Bonchev–Trinajstić information content (AvgIpc) is 2.77. The van der Waals surface area contributed by atoms with Gasteiger partial charge in [-0.05, 0) is 70.3 Å². The summed E-state index contributed by atoms with van der Waals surface area (Å²) >= 11 is 0. The van der Waals surface area contributed by atoms with E-state index < -0.39 is 0 Å². The first-order valence-electron chi connectivity index (χ1n) is 12.3. The van der Waals surface area contributed by atoms with Gasteiger partial charge in [0.2, 0.25) is 0 Å². The largest absolute Gasteiger partial charge is 0.335 e. The second-order valence-electron chi connectivity index (χ2n) is 10.3. The third kappa shape index (κ3) is 4.53. The number of urea groups is 1. The number of aromatic nitrogens is 1. The van der Waals surface area contributed by atoms with Crippen molar-refractivity contribution in [2.75, 3.05) is 38.5 Å². The quantitative estimate of drug-likeness (QED) is 0.778. The van der Waals surface area contributed by atoms with Crippen molar-refractivity contribution in [2.24, 2.45) is 5.92 Å². The molecular weight excluding hydrogens is 390 g/mol. The van der Waals surface area contributed by atoms with E-state index in [1.165, 1.54) is 51.6 Å². The lowest BCUT2D eigenvalue weighted by atomic mass is 9.82. The molecule has 5 rings (SSSR count). The molecule has 4 heterocycles. The van der Waals surface area contributed by atoms with Gasteiger partial charge in [-0.1, -0.05) is 19.3 Å². The first-order chi connectivity index (χ1) is 15.1. The molecule has 2 saturated heterocycles. The summed E-state index contributed by atoms with van der Waals surface area (Å²) in [6, 6.07) is 4.58. The highest BCUT2D eigenvalue weighted by Crippen LogP contribution is 2.37. The van der Waals surface area contributed by atoms with E-state index >= 15 is 0 Å². The van der Waals surface area contributed by atoms with Crippen molar-refractivity contribution in [3.63, 3.8) is 0 Å². The third-order valence-electron chi connectivity index (χ3n) is 8.03. The summed E-state index contributed by atoms with van der Waals surface area (Å²) in [6.45, 7) is 5.29. The highest BCUT2D eigenvalue weighted by molar-refractivity contribution is 5.89. The SMILES string of the molecule is CN1CCC(N2C[C@@H]3C[C@H](C2)c2ccc(NC(=O)NC4CCCCC4)c(=O)n2C3)CC1. The number of amides is 2. The van der Waals surface area contributed by atoms with Gasteiger partial charge in [-0.25, -0.2) is 4.79 Å². The van der Waals surface area contributed by atoms with Gasteiger partial charge in [-0.2, -0.15) is 0 Å². The molecule has 1 aliphatic carbocycles. The summed E-state index contributed by atoms with van der Waals surface area (Å²) in [4.78, 5) is 30.8. The number of piperidine rings is 2. The molecule has 2 amide bonds. The molecular formula is C24H37N5O2. The minimum Gasteiger partial charge on any atom is -0.335 e. The average molecular weight is 428 g/mol. The van der Waals surface area contributed by atoms with Crippen molar-refractivity contribution < 1.29 is 4.79 Å². The molecule has 1 saturated carbocycles. The molecule has 2 N–H and O–H groups in total. The molecule has 3 fully saturated rings. The van der Waals surface area contributed by atoms with Crippen LogP contribution in [0.3, 0.4) is 0 Å². The van der Waals surface area contributed by atoms with Crippen LogP contribution in [0, 0.1) is 5.92 Å². The third-order valence-corrected chi connectivity index (χ3v) is 8.03. The molecule has 31 heavy (non-hydrogen) atoms. The van der Waals surface area contributed by atoms with Crippen LogP contribution in [0.2, 0.25) is 0 Å². The molecule has 0 radical (unpaired) electrons. The lowest BCUT2D eigenvalue weighted by molar-refractivity contribution is 0.0517. The van der Waals surface area contributed by atoms with Gasteiger partial charge in [-0.3, -0.25) is 9.69 Å². The monoisotopic (exact) mass is 427 g/mol. The lowest BCUT2D eigenvalue weighted by Gasteiger charge is -2.47. The fourth-order valence-corrected chi connectivity index (χ4v) is 6.33. The highest BCUT2D eigenvalue weighted by atomic mass is 16.2. The van der Waals surface area contributed by atoms with E-state index in [2.05, 4.69) is 33.5 Å². The Bertz CT molecular complexity index is 854. The van der Waals surface area contributed by atoms with Gasteiger partial charge in [0.1, 0.15) is 5.69 Å². The molecule has 7 heteroatoms. The Labute approximate surface area is 185 Å². The fraction of sp³-hybridized carbons (Fsp3) is 0.750. The van der Waals surface area contributed by atoms with Gasteiger partial charge < -0.3 is 20.1 Å². The molecule has 1 aromatic heterocycles. The van der Waals surface area contributed by atoms with Crippen molar-refractivity contribution in [3.05, 3.63) is 28.2 Å².